The van der Waals surface area contributed by atoms with Gasteiger partial charge in [-0.1, -0.05) is 92.7 Å². The van der Waals surface area contributed by atoms with E-state index in [4.69, 9.17) is 8.83 Å². The fourth-order valence-electron chi connectivity index (χ4n) is 7.82. The topological polar surface area (TPSA) is 29.5 Å². The van der Waals surface area contributed by atoms with Gasteiger partial charge in [-0.2, -0.15) is 0 Å². The normalized spacial score (nSPS) is 13.6. The van der Waals surface area contributed by atoms with Crippen LogP contribution in [0.15, 0.2) is 148 Å². The first-order valence-electron chi connectivity index (χ1n) is 15.8. The molecule has 10 rings (SSSR count). The zero-order valence-corrected chi connectivity index (χ0v) is 25.5. The van der Waals surface area contributed by atoms with Crippen LogP contribution in [0.4, 0.5) is 17.1 Å². The molecule has 0 saturated carbocycles. The quantitative estimate of drug-likeness (QED) is 0.205. The molecule has 0 unspecified atom stereocenters. The van der Waals surface area contributed by atoms with Crippen LogP contribution < -0.4 is 4.90 Å². The Morgan fingerprint density at radius 1 is 0.435 bits per heavy atom. The van der Waals surface area contributed by atoms with Crippen molar-refractivity contribution < 1.29 is 8.83 Å². The molecule has 0 aliphatic heterocycles. The zero-order chi connectivity index (χ0) is 30.6. The monoisotopic (exact) mass is 591 g/mol. The van der Waals surface area contributed by atoms with Crippen LogP contribution >= 0.6 is 0 Å². The highest BCUT2D eigenvalue weighted by Crippen LogP contribution is 2.51. The van der Waals surface area contributed by atoms with Crippen molar-refractivity contribution in [3.05, 3.63) is 151 Å². The van der Waals surface area contributed by atoms with E-state index in [9.17, 15) is 0 Å². The molecule has 0 N–H and O–H groups in total. The van der Waals surface area contributed by atoms with E-state index in [-0.39, 0.29) is 5.41 Å². The Kier molecular flexibility index (Phi) is 5.06. The van der Waals surface area contributed by atoms with Gasteiger partial charge < -0.3 is 13.7 Å². The van der Waals surface area contributed by atoms with Gasteiger partial charge in [0.15, 0.2) is 0 Å². The van der Waals surface area contributed by atoms with Gasteiger partial charge in [0, 0.05) is 44.0 Å². The van der Waals surface area contributed by atoms with Gasteiger partial charge in [-0.3, -0.25) is 0 Å². The first-order valence-corrected chi connectivity index (χ1v) is 15.8. The van der Waals surface area contributed by atoms with Gasteiger partial charge in [-0.15, -0.1) is 0 Å². The smallest absolute Gasteiger partial charge is 0.136 e. The summed E-state index contributed by atoms with van der Waals surface area (Å²) in [6.07, 6.45) is 0. The van der Waals surface area contributed by atoms with Crippen LogP contribution in [0, 0.1) is 0 Å². The Morgan fingerprint density at radius 3 is 1.87 bits per heavy atom. The first-order chi connectivity index (χ1) is 22.5. The molecule has 0 saturated heterocycles. The lowest BCUT2D eigenvalue weighted by Gasteiger charge is -2.27. The Bertz CT molecular complexity index is 2690. The third-order valence-electron chi connectivity index (χ3n) is 10.0. The molecule has 3 heteroatoms. The second kappa shape index (κ2) is 9.12. The summed E-state index contributed by atoms with van der Waals surface area (Å²) in [6, 6.07) is 50.0. The molecule has 1 aliphatic carbocycles. The number of furan rings is 2. The van der Waals surface area contributed by atoms with Crippen molar-refractivity contribution in [2.75, 3.05) is 4.90 Å². The molecule has 9 aromatic rings. The van der Waals surface area contributed by atoms with Crippen LogP contribution in [0.5, 0.6) is 0 Å². The van der Waals surface area contributed by atoms with E-state index in [0.29, 0.717) is 0 Å². The number of fused-ring (bicyclic) bond motifs is 11. The van der Waals surface area contributed by atoms with Crippen molar-refractivity contribution in [1.29, 1.82) is 0 Å². The highest BCUT2D eigenvalue weighted by molar-refractivity contribution is 6.19. The number of anilines is 3. The standard InChI is InChI=1S/C43H29NO2/c1-43(2)36-12-6-3-9-30(36)34-24-28(18-20-37(34)43)44(29-19-22-40-35(25-29)31-10-4-7-13-38(31)45-40)27-17-15-26-16-21-41-42(33(26)23-27)32-11-5-8-14-39(32)46-41/h3-25H,1-2H3. The van der Waals surface area contributed by atoms with Gasteiger partial charge >= 0.3 is 0 Å². The van der Waals surface area contributed by atoms with E-state index in [2.05, 4.69) is 134 Å². The maximum absolute atomic E-state index is 6.29. The van der Waals surface area contributed by atoms with Crippen LogP contribution in [0.25, 0.3) is 65.8 Å². The van der Waals surface area contributed by atoms with E-state index in [0.717, 1.165) is 60.9 Å². The maximum Gasteiger partial charge on any atom is 0.136 e. The van der Waals surface area contributed by atoms with Crippen molar-refractivity contribution in [2.45, 2.75) is 19.3 Å². The lowest BCUT2D eigenvalue weighted by atomic mass is 9.82. The van der Waals surface area contributed by atoms with Gasteiger partial charge in [0.25, 0.3) is 0 Å². The Hall–Kier alpha value is -5.80. The largest absolute Gasteiger partial charge is 0.456 e. The molecule has 2 heterocycles. The summed E-state index contributed by atoms with van der Waals surface area (Å²) in [5.41, 5.74) is 12.2. The third kappa shape index (κ3) is 3.48. The van der Waals surface area contributed by atoms with Gasteiger partial charge in [0.2, 0.25) is 0 Å². The van der Waals surface area contributed by atoms with Gasteiger partial charge in [-0.25, -0.2) is 0 Å². The van der Waals surface area contributed by atoms with Crippen molar-refractivity contribution in [3.63, 3.8) is 0 Å². The van der Waals surface area contributed by atoms with Crippen molar-refractivity contribution in [1.82, 2.24) is 0 Å². The summed E-state index contributed by atoms with van der Waals surface area (Å²) >= 11 is 0. The Labute approximate surface area is 265 Å². The summed E-state index contributed by atoms with van der Waals surface area (Å²) in [5, 5.41) is 6.87. The minimum absolute atomic E-state index is 0.0548. The van der Waals surface area contributed by atoms with Crippen LogP contribution in [0.1, 0.15) is 25.0 Å². The summed E-state index contributed by atoms with van der Waals surface area (Å²) in [7, 11) is 0. The molecule has 7 aromatic carbocycles. The second-order valence-corrected chi connectivity index (χ2v) is 13.0. The molecular weight excluding hydrogens is 562 g/mol. The van der Waals surface area contributed by atoms with E-state index in [1.807, 2.05) is 24.3 Å². The molecule has 1 aliphatic rings. The molecule has 2 aromatic heterocycles. The summed E-state index contributed by atoms with van der Waals surface area (Å²) < 4.78 is 12.5. The van der Waals surface area contributed by atoms with Gasteiger partial charge in [0.1, 0.15) is 22.3 Å². The van der Waals surface area contributed by atoms with Gasteiger partial charge in [0.05, 0.1) is 0 Å². The zero-order valence-electron chi connectivity index (χ0n) is 25.5. The Morgan fingerprint density at radius 2 is 1.00 bits per heavy atom. The average Bonchev–Trinajstić information content (AvgIpc) is 3.73. The molecule has 0 bridgehead atoms. The molecular formula is C43H29NO2. The fourth-order valence-corrected chi connectivity index (χ4v) is 7.82. The number of benzene rings is 7. The first kappa shape index (κ1) is 25.5. The maximum atomic E-state index is 6.29. The van der Waals surface area contributed by atoms with E-state index >= 15 is 0 Å². The minimum atomic E-state index is -0.0548. The SMILES string of the molecule is CC1(C)c2ccccc2-c2cc(N(c3ccc4oc5ccccc5c4c3)c3ccc4ccc5oc6ccccc6c5c4c3)ccc21. The molecule has 46 heavy (non-hydrogen) atoms. The molecule has 3 nitrogen and oxygen atoms in total. The molecule has 0 radical (unpaired) electrons. The predicted octanol–water partition coefficient (Wildman–Crippen LogP) is 12.4. The second-order valence-electron chi connectivity index (χ2n) is 13.0. The summed E-state index contributed by atoms with van der Waals surface area (Å²) in [6.45, 7) is 4.66. The van der Waals surface area contributed by atoms with Crippen molar-refractivity contribution in [3.8, 4) is 11.1 Å². The number of hydrogen-bond acceptors (Lipinski definition) is 3. The van der Waals surface area contributed by atoms with E-state index in [1.54, 1.807) is 0 Å². The Balaban J connectivity index is 1.25. The minimum Gasteiger partial charge on any atom is -0.456 e. The molecule has 0 amide bonds. The molecule has 0 atom stereocenters. The van der Waals surface area contributed by atoms with Crippen LogP contribution in [0.2, 0.25) is 0 Å². The number of para-hydroxylation sites is 2. The number of hydrogen-bond donors (Lipinski definition) is 0. The summed E-state index contributed by atoms with van der Waals surface area (Å²) in [4.78, 5) is 2.38. The van der Waals surface area contributed by atoms with Crippen LogP contribution in [-0.4, -0.2) is 0 Å². The highest BCUT2D eigenvalue weighted by Gasteiger charge is 2.35. The molecule has 0 fully saturated rings. The number of rotatable bonds is 3. The van der Waals surface area contributed by atoms with Crippen molar-refractivity contribution in [2.24, 2.45) is 0 Å². The van der Waals surface area contributed by atoms with E-state index < -0.39 is 0 Å². The molecule has 0 spiro atoms. The predicted molar refractivity (Wildman–Crippen MR) is 191 cm³/mol. The fraction of sp³-hybridized carbons (Fsp3) is 0.0698. The number of nitrogens with zero attached hydrogens (tertiary/aromatic N) is 1. The molecule has 218 valence electrons. The van der Waals surface area contributed by atoms with Crippen LogP contribution in [0.3, 0.4) is 0 Å². The highest BCUT2D eigenvalue weighted by atomic mass is 16.3. The van der Waals surface area contributed by atoms with E-state index in [1.165, 1.54) is 33.0 Å². The lowest BCUT2D eigenvalue weighted by Crippen LogP contribution is -2.15. The third-order valence-corrected chi connectivity index (χ3v) is 10.0. The van der Waals surface area contributed by atoms with Crippen molar-refractivity contribution >= 4 is 71.7 Å². The lowest BCUT2D eigenvalue weighted by molar-refractivity contribution is 0.660. The van der Waals surface area contributed by atoms with Crippen LogP contribution in [-0.2, 0) is 5.41 Å². The van der Waals surface area contributed by atoms with Gasteiger partial charge in [-0.05, 0) is 93.7 Å². The average molecular weight is 592 g/mol. The summed E-state index contributed by atoms with van der Waals surface area (Å²) in [5.74, 6) is 0.